The van der Waals surface area contributed by atoms with E-state index in [0.29, 0.717) is 18.7 Å². The Hall–Kier alpha value is -2.08. The molecule has 0 unspecified atom stereocenters. The number of hydrogen-bond donors (Lipinski definition) is 2. The summed E-state index contributed by atoms with van der Waals surface area (Å²) in [7, 11) is 0. The predicted molar refractivity (Wildman–Crippen MR) is 99.1 cm³/mol. The van der Waals surface area contributed by atoms with Gasteiger partial charge in [0.15, 0.2) is 0 Å². The van der Waals surface area contributed by atoms with Gasteiger partial charge < -0.3 is 15.5 Å². The van der Waals surface area contributed by atoms with E-state index in [4.69, 9.17) is 0 Å². The molecule has 2 saturated heterocycles. The molecule has 2 N–H and O–H groups in total. The molecule has 6 heteroatoms. The van der Waals surface area contributed by atoms with Crippen molar-refractivity contribution in [2.75, 3.05) is 37.6 Å². The summed E-state index contributed by atoms with van der Waals surface area (Å²) in [6.07, 6.45) is 2.48. The van der Waals surface area contributed by atoms with Crippen LogP contribution in [0.1, 0.15) is 42.6 Å². The second-order valence-electron chi connectivity index (χ2n) is 7.71. The van der Waals surface area contributed by atoms with Gasteiger partial charge in [-0.05, 0) is 64.4 Å². The molecule has 3 rings (SSSR count). The van der Waals surface area contributed by atoms with E-state index < -0.39 is 0 Å². The van der Waals surface area contributed by atoms with Crippen molar-refractivity contribution in [3.05, 3.63) is 29.3 Å². The van der Waals surface area contributed by atoms with E-state index in [1.54, 1.807) is 4.90 Å². The molecule has 136 valence electrons. The van der Waals surface area contributed by atoms with Gasteiger partial charge in [0, 0.05) is 36.4 Å². The van der Waals surface area contributed by atoms with Crippen LogP contribution in [0, 0.1) is 6.92 Å². The molecule has 6 nitrogen and oxygen atoms in total. The van der Waals surface area contributed by atoms with Crippen molar-refractivity contribution in [2.24, 2.45) is 0 Å². The zero-order valence-electron chi connectivity index (χ0n) is 15.4. The van der Waals surface area contributed by atoms with Crippen molar-refractivity contribution in [3.8, 4) is 0 Å². The molecule has 2 aliphatic rings. The van der Waals surface area contributed by atoms with Gasteiger partial charge in [-0.2, -0.15) is 0 Å². The smallest absolute Gasteiger partial charge is 0.322 e. The van der Waals surface area contributed by atoms with Crippen LogP contribution >= 0.6 is 0 Å². The standard InChI is InChI=1S/C19H28N4O2/c1-14-6-7-15(12-16(14)23-11-8-20-18(23)25)17(24)21-19(2,3)13-22-9-4-5-10-22/h6-7,12H,4-5,8-11,13H2,1-3H3,(H,20,25)(H,21,24). The van der Waals surface area contributed by atoms with Gasteiger partial charge in [-0.1, -0.05) is 6.07 Å². The van der Waals surface area contributed by atoms with E-state index >= 15 is 0 Å². The third kappa shape index (κ3) is 4.12. The molecule has 2 heterocycles. The molecule has 0 radical (unpaired) electrons. The van der Waals surface area contributed by atoms with E-state index in [0.717, 1.165) is 30.9 Å². The van der Waals surface area contributed by atoms with Gasteiger partial charge in [0.25, 0.3) is 5.91 Å². The summed E-state index contributed by atoms with van der Waals surface area (Å²) in [5.41, 5.74) is 2.09. The highest BCUT2D eigenvalue weighted by molar-refractivity contribution is 5.99. The predicted octanol–water partition coefficient (Wildman–Crippen LogP) is 2.13. The number of anilines is 1. The highest BCUT2D eigenvalue weighted by Crippen LogP contribution is 2.24. The molecule has 2 fully saturated rings. The van der Waals surface area contributed by atoms with Gasteiger partial charge in [-0.3, -0.25) is 9.69 Å². The van der Waals surface area contributed by atoms with Crippen molar-refractivity contribution >= 4 is 17.6 Å². The fraction of sp³-hybridized carbons (Fsp3) is 0.579. The maximum absolute atomic E-state index is 12.7. The zero-order valence-corrected chi connectivity index (χ0v) is 15.4. The number of urea groups is 1. The largest absolute Gasteiger partial charge is 0.346 e. The van der Waals surface area contributed by atoms with Gasteiger partial charge in [-0.15, -0.1) is 0 Å². The molecule has 3 amide bonds. The molecule has 0 spiro atoms. The highest BCUT2D eigenvalue weighted by atomic mass is 16.2. The second kappa shape index (κ2) is 7.04. The fourth-order valence-electron chi connectivity index (χ4n) is 3.66. The summed E-state index contributed by atoms with van der Waals surface area (Å²) in [4.78, 5) is 28.8. The van der Waals surface area contributed by atoms with Crippen LogP contribution in [0.2, 0.25) is 0 Å². The van der Waals surface area contributed by atoms with Crippen LogP contribution in [-0.4, -0.2) is 55.1 Å². The molecular formula is C19H28N4O2. The minimum Gasteiger partial charge on any atom is -0.346 e. The Morgan fingerprint density at radius 2 is 1.96 bits per heavy atom. The SMILES string of the molecule is Cc1ccc(C(=O)NC(C)(C)CN2CCCC2)cc1N1CCNC1=O. The fourth-order valence-corrected chi connectivity index (χ4v) is 3.66. The topological polar surface area (TPSA) is 64.7 Å². The Morgan fingerprint density at radius 1 is 1.24 bits per heavy atom. The first-order valence-corrected chi connectivity index (χ1v) is 9.07. The maximum atomic E-state index is 12.7. The zero-order chi connectivity index (χ0) is 18.0. The quantitative estimate of drug-likeness (QED) is 0.860. The molecular weight excluding hydrogens is 316 g/mol. The lowest BCUT2D eigenvalue weighted by Crippen LogP contribution is -2.51. The number of nitrogens with zero attached hydrogens (tertiary/aromatic N) is 2. The number of likely N-dealkylation sites (tertiary alicyclic amines) is 1. The Balaban J connectivity index is 1.72. The lowest BCUT2D eigenvalue weighted by molar-refractivity contribution is 0.0894. The monoisotopic (exact) mass is 344 g/mol. The van der Waals surface area contributed by atoms with E-state index in [-0.39, 0.29) is 17.5 Å². The first kappa shape index (κ1) is 17.7. The molecule has 25 heavy (non-hydrogen) atoms. The first-order valence-electron chi connectivity index (χ1n) is 9.07. The molecule has 0 atom stereocenters. The highest BCUT2D eigenvalue weighted by Gasteiger charge is 2.27. The molecule has 0 aromatic heterocycles. The van der Waals surface area contributed by atoms with E-state index in [2.05, 4.69) is 29.4 Å². The third-order valence-electron chi connectivity index (χ3n) is 4.89. The second-order valence-corrected chi connectivity index (χ2v) is 7.71. The summed E-state index contributed by atoms with van der Waals surface area (Å²) in [6.45, 7) is 10.4. The van der Waals surface area contributed by atoms with Crippen LogP contribution in [-0.2, 0) is 0 Å². The number of benzene rings is 1. The lowest BCUT2D eigenvalue weighted by atomic mass is 10.0. The summed E-state index contributed by atoms with van der Waals surface area (Å²) in [5, 5.41) is 5.95. The Labute approximate surface area is 149 Å². The van der Waals surface area contributed by atoms with Gasteiger partial charge in [0.1, 0.15) is 0 Å². The maximum Gasteiger partial charge on any atom is 0.322 e. The summed E-state index contributed by atoms with van der Waals surface area (Å²) < 4.78 is 0. The van der Waals surface area contributed by atoms with Crippen molar-refractivity contribution in [1.82, 2.24) is 15.5 Å². The number of nitrogens with one attached hydrogen (secondary N) is 2. The van der Waals surface area contributed by atoms with Gasteiger partial charge >= 0.3 is 6.03 Å². The van der Waals surface area contributed by atoms with Crippen molar-refractivity contribution in [2.45, 2.75) is 39.2 Å². The minimum absolute atomic E-state index is 0.0925. The first-order chi connectivity index (χ1) is 11.9. The van der Waals surface area contributed by atoms with Crippen LogP contribution in [0.25, 0.3) is 0 Å². The number of aryl methyl sites for hydroxylation is 1. The molecule has 0 bridgehead atoms. The number of rotatable bonds is 5. The van der Waals surface area contributed by atoms with Crippen molar-refractivity contribution in [1.29, 1.82) is 0 Å². The Morgan fingerprint density at radius 3 is 2.60 bits per heavy atom. The Bertz CT molecular complexity index is 665. The van der Waals surface area contributed by atoms with Crippen LogP contribution in [0.4, 0.5) is 10.5 Å². The molecule has 0 saturated carbocycles. The van der Waals surface area contributed by atoms with Gasteiger partial charge in [-0.25, -0.2) is 4.79 Å². The van der Waals surface area contributed by atoms with Crippen LogP contribution in [0.15, 0.2) is 18.2 Å². The number of hydrogen-bond acceptors (Lipinski definition) is 3. The van der Waals surface area contributed by atoms with Crippen LogP contribution < -0.4 is 15.5 Å². The van der Waals surface area contributed by atoms with Crippen molar-refractivity contribution < 1.29 is 9.59 Å². The number of carbonyl (C=O) groups excluding carboxylic acids is 2. The summed E-state index contributed by atoms with van der Waals surface area (Å²) in [6, 6.07) is 5.45. The molecule has 1 aromatic carbocycles. The van der Waals surface area contributed by atoms with E-state index in [1.807, 2.05) is 25.1 Å². The molecule has 2 aliphatic heterocycles. The van der Waals surface area contributed by atoms with Crippen LogP contribution in [0.3, 0.4) is 0 Å². The third-order valence-corrected chi connectivity index (χ3v) is 4.89. The van der Waals surface area contributed by atoms with E-state index in [9.17, 15) is 9.59 Å². The van der Waals surface area contributed by atoms with E-state index in [1.165, 1.54) is 12.8 Å². The Kier molecular flexibility index (Phi) is 4.99. The molecule has 1 aromatic rings. The van der Waals surface area contributed by atoms with Crippen molar-refractivity contribution in [3.63, 3.8) is 0 Å². The average molecular weight is 344 g/mol. The number of carbonyl (C=O) groups is 2. The minimum atomic E-state index is -0.294. The van der Waals surface area contributed by atoms with Gasteiger partial charge in [0.05, 0.1) is 0 Å². The average Bonchev–Trinajstić information content (AvgIpc) is 3.18. The lowest BCUT2D eigenvalue weighted by Gasteiger charge is -2.31. The van der Waals surface area contributed by atoms with Crippen LogP contribution in [0.5, 0.6) is 0 Å². The van der Waals surface area contributed by atoms with Gasteiger partial charge in [0.2, 0.25) is 0 Å². The summed E-state index contributed by atoms with van der Waals surface area (Å²) >= 11 is 0. The number of amides is 3. The normalized spacial score (nSPS) is 18.5. The molecule has 0 aliphatic carbocycles. The summed E-state index contributed by atoms with van der Waals surface area (Å²) in [5.74, 6) is -0.0925.